The molecular weight excluding hydrogens is 692 g/mol. The van der Waals surface area contributed by atoms with Crippen LogP contribution >= 0.6 is 0 Å². The zero-order valence-electron chi connectivity index (χ0n) is 31.4. The highest BCUT2D eigenvalue weighted by Crippen LogP contribution is 2.42. The van der Waals surface area contributed by atoms with Crippen LogP contribution in [-0.4, -0.2) is 75.7 Å². The summed E-state index contributed by atoms with van der Waals surface area (Å²) in [6.45, 7) is 23.7. The molecule has 0 unspecified atom stereocenters. The number of hydrogen-bond acceptors (Lipinski definition) is 10. The van der Waals surface area contributed by atoms with Crippen LogP contribution < -0.4 is 11.2 Å². The van der Waals surface area contributed by atoms with Gasteiger partial charge in [-0.1, -0.05) is 53.7 Å². The molecule has 0 spiro atoms. The van der Waals surface area contributed by atoms with Crippen molar-refractivity contribution in [1.82, 2.24) is 29.3 Å². The Morgan fingerprint density at radius 1 is 1.06 bits per heavy atom. The van der Waals surface area contributed by atoms with Crippen molar-refractivity contribution in [3.8, 4) is 0 Å². The van der Waals surface area contributed by atoms with E-state index in [-0.39, 0.29) is 34.1 Å². The van der Waals surface area contributed by atoms with Gasteiger partial charge in [-0.05, 0) is 71.3 Å². The van der Waals surface area contributed by atoms with Gasteiger partial charge in [0.15, 0.2) is 28.2 Å². The number of halogens is 1. The van der Waals surface area contributed by atoms with Crippen molar-refractivity contribution >= 4 is 34.4 Å². The van der Waals surface area contributed by atoms with E-state index >= 15 is 0 Å². The highest BCUT2D eigenvalue weighted by atomic mass is 28.4. The van der Waals surface area contributed by atoms with E-state index in [9.17, 15) is 23.9 Å². The standard InChI is InChI=1S/C35H51FN6O7Si2/c1-23-20-41(30-19-28(49-51(10,11)35(5,6)7)29(48-30)22-47-50(8,9)34(2,3)4)33(46)40(32(23)45)17-16-26(43)18-27(44)31-37-38-39-42(31)21-24-12-14-25(36)15-13-24/h12-18,20,28-30,44H,19,21-22H2,1-11H3/b17-16+,27-18-/t28-,29+,30+/m0/s1. The molecule has 0 bridgehead atoms. The Hall–Kier alpha value is -3.84. The average Bonchev–Trinajstić information content (AvgIpc) is 3.64. The van der Waals surface area contributed by atoms with Gasteiger partial charge in [0, 0.05) is 36.5 Å². The predicted octanol–water partition coefficient (Wildman–Crippen LogP) is 5.83. The van der Waals surface area contributed by atoms with E-state index in [1.165, 1.54) is 27.6 Å². The van der Waals surface area contributed by atoms with Gasteiger partial charge in [0.2, 0.25) is 5.82 Å². The van der Waals surface area contributed by atoms with Crippen molar-refractivity contribution in [1.29, 1.82) is 0 Å². The first-order valence-corrected chi connectivity index (χ1v) is 22.8. The van der Waals surface area contributed by atoms with Crippen LogP contribution in [0.25, 0.3) is 12.0 Å². The molecule has 1 N–H and O–H groups in total. The van der Waals surface area contributed by atoms with Crippen LogP contribution in [0.4, 0.5) is 4.39 Å². The minimum atomic E-state index is -2.25. The van der Waals surface area contributed by atoms with Crippen LogP contribution in [-0.2, 0) is 24.9 Å². The molecule has 3 heterocycles. The SMILES string of the molecule is Cc1cn([C@H]2C[C@H](O[Si](C)(C)C(C)(C)C)[C@@H](CO[Si](C)(C)C(C)(C)C)O2)c(=O)n(/C=C/C(=O)/C=C(\O)c2nnnn2Cc2ccc(F)cc2)c1=O. The van der Waals surface area contributed by atoms with Crippen LogP contribution in [0.2, 0.25) is 36.3 Å². The number of aliphatic hydroxyl groups is 1. The number of allylic oxidation sites excluding steroid dienone is 2. The molecule has 2 aromatic heterocycles. The summed E-state index contributed by atoms with van der Waals surface area (Å²) in [6.07, 6.45) is 3.21. The molecule has 16 heteroatoms. The number of hydrogen-bond donors (Lipinski definition) is 1. The molecule has 0 amide bonds. The highest BCUT2D eigenvalue weighted by molar-refractivity contribution is 6.74. The summed E-state index contributed by atoms with van der Waals surface area (Å²) < 4.78 is 36.6. The van der Waals surface area contributed by atoms with Gasteiger partial charge in [0.05, 0.1) is 19.3 Å². The zero-order valence-corrected chi connectivity index (χ0v) is 33.4. The normalized spacial score (nSPS) is 19.3. The van der Waals surface area contributed by atoms with Gasteiger partial charge in [-0.25, -0.2) is 18.4 Å². The summed E-state index contributed by atoms with van der Waals surface area (Å²) in [4.78, 5) is 39.8. The molecule has 3 atom stereocenters. The van der Waals surface area contributed by atoms with E-state index in [0.29, 0.717) is 18.6 Å². The van der Waals surface area contributed by atoms with Crippen molar-refractivity contribution in [3.05, 3.63) is 86.2 Å². The van der Waals surface area contributed by atoms with Crippen LogP contribution in [0, 0.1) is 12.7 Å². The monoisotopic (exact) mass is 742 g/mol. The van der Waals surface area contributed by atoms with Gasteiger partial charge >= 0.3 is 5.69 Å². The Labute approximate surface area is 300 Å². The summed E-state index contributed by atoms with van der Waals surface area (Å²) in [5.41, 5.74) is -0.385. The van der Waals surface area contributed by atoms with Gasteiger partial charge in [-0.2, -0.15) is 0 Å². The number of aliphatic hydroxyl groups excluding tert-OH is 1. The molecule has 1 saturated heterocycles. The topological polar surface area (TPSA) is 153 Å². The first-order chi connectivity index (χ1) is 23.5. The van der Waals surface area contributed by atoms with Crippen molar-refractivity contribution < 1.29 is 27.9 Å². The number of carbonyl (C=O) groups excluding carboxylic acids is 1. The molecule has 0 saturated carbocycles. The number of carbonyl (C=O) groups is 1. The third-order valence-electron chi connectivity index (χ3n) is 10.1. The fraction of sp³-hybridized carbons (Fsp3) is 0.543. The Bertz CT molecular complexity index is 1900. The Kier molecular flexibility index (Phi) is 11.8. The van der Waals surface area contributed by atoms with E-state index in [1.54, 1.807) is 19.1 Å². The summed E-state index contributed by atoms with van der Waals surface area (Å²) in [5.74, 6) is -1.77. The second-order valence-corrected chi connectivity index (χ2v) is 25.6. The molecule has 1 aromatic carbocycles. The Morgan fingerprint density at radius 3 is 2.29 bits per heavy atom. The minimum absolute atomic E-state index is 0.0152. The maximum Gasteiger partial charge on any atom is 0.337 e. The molecule has 1 aliphatic rings. The fourth-order valence-corrected chi connectivity index (χ4v) is 7.29. The lowest BCUT2D eigenvalue weighted by Gasteiger charge is -2.40. The molecular formula is C35H51FN6O7Si2. The van der Waals surface area contributed by atoms with Gasteiger partial charge in [-0.15, -0.1) is 5.10 Å². The lowest BCUT2D eigenvalue weighted by atomic mass is 10.2. The predicted molar refractivity (Wildman–Crippen MR) is 198 cm³/mol. The van der Waals surface area contributed by atoms with Crippen LogP contribution in [0.15, 0.2) is 52.2 Å². The lowest BCUT2D eigenvalue weighted by molar-refractivity contribution is -0.110. The molecule has 0 aliphatic carbocycles. The number of tetrazole rings is 1. The summed E-state index contributed by atoms with van der Waals surface area (Å²) in [5, 5.41) is 21.7. The largest absolute Gasteiger partial charge is 0.504 e. The number of aromatic nitrogens is 6. The second kappa shape index (κ2) is 15.0. The smallest absolute Gasteiger partial charge is 0.337 e. The number of rotatable bonds is 12. The first kappa shape index (κ1) is 39.9. The minimum Gasteiger partial charge on any atom is -0.504 e. The number of aryl methyl sites for hydroxylation is 1. The first-order valence-electron chi connectivity index (χ1n) is 17.0. The molecule has 13 nitrogen and oxygen atoms in total. The highest BCUT2D eigenvalue weighted by Gasteiger charge is 2.47. The molecule has 1 fully saturated rings. The van der Waals surface area contributed by atoms with Crippen LogP contribution in [0.3, 0.4) is 0 Å². The summed E-state index contributed by atoms with van der Waals surface area (Å²) in [6, 6.07) is 5.66. The number of nitrogens with zero attached hydrogens (tertiary/aromatic N) is 6. The van der Waals surface area contributed by atoms with Crippen LogP contribution in [0.1, 0.15) is 71.1 Å². The van der Waals surface area contributed by atoms with Crippen molar-refractivity contribution in [3.63, 3.8) is 0 Å². The van der Waals surface area contributed by atoms with Gasteiger partial charge in [-0.3, -0.25) is 14.2 Å². The van der Waals surface area contributed by atoms with E-state index < -0.39 is 57.6 Å². The summed E-state index contributed by atoms with van der Waals surface area (Å²) in [7, 11) is -4.39. The molecule has 3 aromatic rings. The molecule has 0 radical (unpaired) electrons. The lowest BCUT2D eigenvalue weighted by Crippen LogP contribution is -2.48. The third kappa shape index (κ3) is 9.34. The zero-order chi connectivity index (χ0) is 38.1. The number of benzene rings is 1. The maximum atomic E-state index is 13.8. The molecule has 278 valence electrons. The van der Waals surface area contributed by atoms with Crippen molar-refractivity contribution in [2.24, 2.45) is 0 Å². The van der Waals surface area contributed by atoms with E-state index in [0.717, 1.165) is 22.9 Å². The third-order valence-corrected chi connectivity index (χ3v) is 19.2. The Balaban J connectivity index is 1.59. The molecule has 51 heavy (non-hydrogen) atoms. The van der Waals surface area contributed by atoms with Crippen molar-refractivity contribution in [2.75, 3.05) is 6.61 Å². The van der Waals surface area contributed by atoms with Gasteiger partial charge < -0.3 is 18.7 Å². The number of ether oxygens (including phenoxy) is 1. The van der Waals surface area contributed by atoms with E-state index in [4.69, 9.17) is 13.6 Å². The van der Waals surface area contributed by atoms with Crippen molar-refractivity contribution in [2.45, 2.75) is 116 Å². The molecule has 1 aliphatic heterocycles. The van der Waals surface area contributed by atoms with Gasteiger partial charge in [0.1, 0.15) is 18.1 Å². The van der Waals surface area contributed by atoms with E-state index in [2.05, 4.69) is 83.3 Å². The van der Waals surface area contributed by atoms with E-state index in [1.807, 2.05) is 0 Å². The quantitative estimate of drug-likeness (QED) is 0.136. The Morgan fingerprint density at radius 2 is 1.69 bits per heavy atom. The number of ketones is 1. The van der Waals surface area contributed by atoms with Gasteiger partial charge in [0.25, 0.3) is 5.56 Å². The second-order valence-electron chi connectivity index (χ2n) is 16.1. The fourth-order valence-electron chi connectivity index (χ4n) is 4.92. The van der Waals surface area contributed by atoms with Crippen LogP contribution in [0.5, 0.6) is 0 Å². The summed E-state index contributed by atoms with van der Waals surface area (Å²) >= 11 is 0. The molecule has 4 rings (SSSR count). The maximum absolute atomic E-state index is 13.8. The average molecular weight is 743 g/mol.